The van der Waals surface area contributed by atoms with Crippen molar-refractivity contribution < 1.29 is 9.59 Å². The monoisotopic (exact) mass is 451 g/mol. The number of carbonyl (C=O) groups is 2. The number of carbonyl (C=O) groups excluding carboxylic acids is 2. The number of anilines is 1. The second kappa shape index (κ2) is 8.86. The SMILES string of the molecule is O=C(CCNC(=O)C12CC3CC(CC(C3)C1)C2)N(Cc1ccccn1)c1ccc(Cl)cc1. The van der Waals surface area contributed by atoms with Gasteiger partial charge in [0.25, 0.3) is 0 Å². The van der Waals surface area contributed by atoms with E-state index in [9.17, 15) is 9.59 Å². The van der Waals surface area contributed by atoms with Gasteiger partial charge in [0.05, 0.1) is 12.2 Å². The number of amides is 2. The van der Waals surface area contributed by atoms with Crippen LogP contribution >= 0.6 is 11.6 Å². The summed E-state index contributed by atoms with van der Waals surface area (Å²) >= 11 is 6.04. The molecule has 1 heterocycles. The number of halogens is 1. The van der Waals surface area contributed by atoms with Crippen molar-refractivity contribution in [2.75, 3.05) is 11.4 Å². The van der Waals surface area contributed by atoms with E-state index < -0.39 is 0 Å². The fourth-order valence-electron chi connectivity index (χ4n) is 6.59. The van der Waals surface area contributed by atoms with Crippen molar-refractivity contribution in [3.63, 3.8) is 0 Å². The molecule has 4 aliphatic rings. The highest BCUT2D eigenvalue weighted by molar-refractivity contribution is 6.30. The summed E-state index contributed by atoms with van der Waals surface area (Å²) < 4.78 is 0. The molecule has 0 aliphatic heterocycles. The standard InChI is InChI=1S/C26H30ClN3O2/c27-21-4-6-23(7-5-21)30(17-22-3-1-2-9-28-22)24(31)8-10-29-25(32)26-14-18-11-19(15-26)13-20(12-18)16-26/h1-7,9,18-20H,8,10-17H2,(H,29,32). The Labute approximate surface area is 194 Å². The number of hydrogen-bond donors (Lipinski definition) is 1. The predicted molar refractivity (Wildman–Crippen MR) is 125 cm³/mol. The summed E-state index contributed by atoms with van der Waals surface area (Å²) in [6.07, 6.45) is 9.04. The first-order chi connectivity index (χ1) is 15.5. The van der Waals surface area contributed by atoms with E-state index in [1.54, 1.807) is 23.2 Å². The van der Waals surface area contributed by atoms with Crippen LogP contribution in [-0.4, -0.2) is 23.3 Å². The third kappa shape index (κ3) is 4.40. The highest BCUT2D eigenvalue weighted by Gasteiger charge is 2.54. The minimum atomic E-state index is -0.179. The Bertz CT molecular complexity index is 941. The van der Waals surface area contributed by atoms with Crippen LogP contribution in [0.15, 0.2) is 48.7 Å². The Morgan fingerprint density at radius 3 is 2.25 bits per heavy atom. The first-order valence-electron chi connectivity index (χ1n) is 11.7. The van der Waals surface area contributed by atoms with Gasteiger partial charge in [-0.25, -0.2) is 0 Å². The van der Waals surface area contributed by atoms with Crippen LogP contribution in [0.2, 0.25) is 5.02 Å². The molecule has 0 unspecified atom stereocenters. The van der Waals surface area contributed by atoms with E-state index in [2.05, 4.69) is 10.3 Å². The maximum atomic E-state index is 13.2. The van der Waals surface area contributed by atoms with Gasteiger partial charge in [-0.15, -0.1) is 0 Å². The van der Waals surface area contributed by atoms with Crippen molar-refractivity contribution >= 4 is 29.1 Å². The highest BCUT2D eigenvalue weighted by atomic mass is 35.5. The van der Waals surface area contributed by atoms with E-state index in [1.807, 2.05) is 30.3 Å². The molecule has 1 aromatic carbocycles. The van der Waals surface area contributed by atoms with E-state index in [4.69, 9.17) is 11.6 Å². The Morgan fingerprint density at radius 2 is 1.66 bits per heavy atom. The van der Waals surface area contributed by atoms with E-state index in [1.165, 1.54) is 19.3 Å². The third-order valence-corrected chi connectivity index (χ3v) is 7.88. The van der Waals surface area contributed by atoms with Crippen molar-refractivity contribution in [2.24, 2.45) is 23.2 Å². The average molecular weight is 452 g/mol. The van der Waals surface area contributed by atoms with Gasteiger partial charge in [-0.2, -0.15) is 0 Å². The number of aromatic nitrogens is 1. The quantitative estimate of drug-likeness (QED) is 0.644. The minimum Gasteiger partial charge on any atom is -0.355 e. The molecule has 0 atom stereocenters. The molecule has 4 fully saturated rings. The van der Waals surface area contributed by atoms with Crippen molar-refractivity contribution in [3.8, 4) is 0 Å². The van der Waals surface area contributed by atoms with Crippen LogP contribution < -0.4 is 10.2 Å². The predicted octanol–water partition coefficient (Wildman–Crippen LogP) is 4.99. The summed E-state index contributed by atoms with van der Waals surface area (Å²) in [6.45, 7) is 0.746. The van der Waals surface area contributed by atoms with E-state index in [-0.39, 0.29) is 23.7 Å². The smallest absolute Gasteiger partial charge is 0.229 e. The van der Waals surface area contributed by atoms with Gasteiger partial charge in [0, 0.05) is 35.3 Å². The molecular formula is C26H30ClN3O2. The summed E-state index contributed by atoms with van der Waals surface area (Å²) in [5.74, 6) is 2.32. The molecule has 32 heavy (non-hydrogen) atoms. The van der Waals surface area contributed by atoms with E-state index in [0.29, 0.717) is 18.1 Å². The molecule has 0 radical (unpaired) electrons. The lowest BCUT2D eigenvalue weighted by atomic mass is 9.49. The van der Waals surface area contributed by atoms with Crippen LogP contribution in [0, 0.1) is 23.2 Å². The molecule has 4 aliphatic carbocycles. The van der Waals surface area contributed by atoms with Gasteiger partial charge in [0.1, 0.15) is 0 Å². The van der Waals surface area contributed by atoms with Crippen LogP contribution in [0.1, 0.15) is 50.6 Å². The number of nitrogens with one attached hydrogen (secondary N) is 1. The number of rotatable bonds is 7. The Hall–Kier alpha value is -2.40. The van der Waals surface area contributed by atoms with E-state index >= 15 is 0 Å². The van der Waals surface area contributed by atoms with Crippen molar-refractivity contribution in [2.45, 2.75) is 51.5 Å². The molecule has 4 bridgehead atoms. The summed E-state index contributed by atoms with van der Waals surface area (Å²) in [6, 6.07) is 12.9. The molecule has 4 saturated carbocycles. The maximum absolute atomic E-state index is 13.2. The van der Waals surface area contributed by atoms with Crippen LogP contribution in [0.4, 0.5) is 5.69 Å². The Kier molecular flexibility index (Phi) is 5.93. The molecule has 5 nitrogen and oxygen atoms in total. The first kappa shape index (κ1) is 21.4. The Balaban J connectivity index is 1.22. The summed E-state index contributed by atoms with van der Waals surface area (Å²) in [7, 11) is 0. The van der Waals surface area contributed by atoms with Gasteiger partial charge in [0.15, 0.2) is 0 Å². The summed E-state index contributed by atoms with van der Waals surface area (Å²) in [5, 5.41) is 3.75. The average Bonchev–Trinajstić information content (AvgIpc) is 2.78. The zero-order valence-electron chi connectivity index (χ0n) is 18.3. The number of nitrogens with zero attached hydrogens (tertiary/aromatic N) is 2. The van der Waals surface area contributed by atoms with Crippen LogP contribution in [0.3, 0.4) is 0 Å². The van der Waals surface area contributed by atoms with Gasteiger partial charge in [-0.05, 0) is 92.7 Å². The van der Waals surface area contributed by atoms with Gasteiger partial charge >= 0.3 is 0 Å². The molecule has 2 amide bonds. The summed E-state index contributed by atoms with van der Waals surface area (Å²) in [4.78, 5) is 32.4. The zero-order valence-corrected chi connectivity index (χ0v) is 19.1. The number of benzene rings is 1. The molecule has 1 N–H and O–H groups in total. The van der Waals surface area contributed by atoms with Crippen LogP contribution in [0.25, 0.3) is 0 Å². The lowest BCUT2D eigenvalue weighted by Gasteiger charge is -2.55. The Morgan fingerprint density at radius 1 is 1.00 bits per heavy atom. The van der Waals surface area contributed by atoms with Crippen LogP contribution in [0.5, 0.6) is 0 Å². The lowest BCUT2D eigenvalue weighted by Crippen LogP contribution is -2.53. The first-order valence-corrected chi connectivity index (χ1v) is 12.1. The molecule has 1 aromatic heterocycles. The van der Waals surface area contributed by atoms with Gasteiger partial charge < -0.3 is 10.2 Å². The molecule has 6 heteroatoms. The molecule has 0 saturated heterocycles. The topological polar surface area (TPSA) is 62.3 Å². The summed E-state index contributed by atoms with van der Waals surface area (Å²) in [5.41, 5.74) is 1.41. The minimum absolute atomic E-state index is 0.0382. The van der Waals surface area contributed by atoms with E-state index in [0.717, 1.165) is 48.4 Å². The second-order valence-electron chi connectivity index (χ2n) is 9.98. The normalized spacial score (nSPS) is 27.8. The molecule has 0 spiro atoms. The zero-order chi connectivity index (χ0) is 22.1. The van der Waals surface area contributed by atoms with Gasteiger partial charge in [0.2, 0.25) is 11.8 Å². The molecular weight excluding hydrogens is 422 g/mol. The van der Waals surface area contributed by atoms with Gasteiger partial charge in [-0.3, -0.25) is 14.6 Å². The molecule has 168 valence electrons. The van der Waals surface area contributed by atoms with Crippen LogP contribution in [-0.2, 0) is 16.1 Å². The van der Waals surface area contributed by atoms with Crippen molar-refractivity contribution in [1.29, 1.82) is 0 Å². The maximum Gasteiger partial charge on any atom is 0.229 e. The second-order valence-corrected chi connectivity index (χ2v) is 10.4. The highest BCUT2D eigenvalue weighted by Crippen LogP contribution is 2.60. The number of hydrogen-bond acceptors (Lipinski definition) is 3. The fraction of sp³-hybridized carbons (Fsp3) is 0.500. The molecule has 6 rings (SSSR count). The third-order valence-electron chi connectivity index (χ3n) is 7.63. The van der Waals surface area contributed by atoms with Crippen molar-refractivity contribution in [3.05, 3.63) is 59.4 Å². The number of pyridine rings is 1. The largest absolute Gasteiger partial charge is 0.355 e. The van der Waals surface area contributed by atoms with Crippen molar-refractivity contribution in [1.82, 2.24) is 10.3 Å². The lowest BCUT2D eigenvalue weighted by molar-refractivity contribution is -0.146. The fourth-order valence-corrected chi connectivity index (χ4v) is 6.72. The molecule has 2 aromatic rings. The van der Waals surface area contributed by atoms with Gasteiger partial charge in [-0.1, -0.05) is 17.7 Å².